The Balaban J connectivity index is 1.55. The molecule has 0 saturated carbocycles. The molecule has 1 aliphatic heterocycles. The zero-order chi connectivity index (χ0) is 18.6. The summed E-state index contributed by atoms with van der Waals surface area (Å²) in [5.74, 6) is -0.161. The largest absolute Gasteiger partial charge is 0.352 e. The second kappa shape index (κ2) is 7.97. The van der Waals surface area contributed by atoms with Crippen LogP contribution in [-0.4, -0.2) is 36.7 Å². The van der Waals surface area contributed by atoms with Crippen LogP contribution in [-0.2, 0) is 21.4 Å². The molecule has 1 saturated heterocycles. The number of rotatable bonds is 5. The van der Waals surface area contributed by atoms with Crippen molar-refractivity contribution in [3.8, 4) is 0 Å². The highest BCUT2D eigenvalue weighted by Gasteiger charge is 2.32. The van der Waals surface area contributed by atoms with Crippen molar-refractivity contribution < 1.29 is 13.2 Å². The first-order valence-electron chi connectivity index (χ1n) is 8.71. The standard InChI is InChI=1S/C19H23N3O3S/c1-15-5-2-3-6-17(15)13-21-19(23)16-8-11-22(12-9-16)26(24,25)18-7-4-10-20-14-18/h2-7,10,14,16H,8-9,11-13H2,1H3,(H,21,23). The van der Waals surface area contributed by atoms with Crippen molar-refractivity contribution in [3.63, 3.8) is 0 Å². The predicted molar refractivity (Wildman–Crippen MR) is 98.7 cm³/mol. The molecule has 0 aliphatic carbocycles. The smallest absolute Gasteiger partial charge is 0.244 e. The van der Waals surface area contributed by atoms with Crippen LogP contribution >= 0.6 is 0 Å². The molecule has 2 heterocycles. The fraction of sp³-hybridized carbons (Fsp3) is 0.368. The van der Waals surface area contributed by atoms with Crippen LogP contribution in [0.4, 0.5) is 0 Å². The normalized spacial score (nSPS) is 16.3. The lowest BCUT2D eigenvalue weighted by atomic mass is 9.97. The van der Waals surface area contributed by atoms with E-state index in [-0.39, 0.29) is 16.7 Å². The van der Waals surface area contributed by atoms with E-state index in [4.69, 9.17) is 0 Å². The van der Waals surface area contributed by atoms with E-state index in [1.165, 1.54) is 10.5 Å². The Morgan fingerprint density at radius 1 is 1.19 bits per heavy atom. The van der Waals surface area contributed by atoms with E-state index in [2.05, 4.69) is 10.3 Å². The van der Waals surface area contributed by atoms with E-state index in [0.717, 1.165) is 11.1 Å². The first-order chi connectivity index (χ1) is 12.5. The van der Waals surface area contributed by atoms with Crippen molar-refractivity contribution in [2.45, 2.75) is 31.2 Å². The van der Waals surface area contributed by atoms with Gasteiger partial charge in [-0.25, -0.2) is 8.42 Å². The molecule has 6 nitrogen and oxygen atoms in total. The lowest BCUT2D eigenvalue weighted by molar-refractivity contribution is -0.126. The summed E-state index contributed by atoms with van der Waals surface area (Å²) >= 11 is 0. The molecule has 26 heavy (non-hydrogen) atoms. The minimum absolute atomic E-state index is 0.00770. The summed E-state index contributed by atoms with van der Waals surface area (Å²) < 4.78 is 26.6. The first-order valence-corrected chi connectivity index (χ1v) is 10.1. The number of carbonyl (C=O) groups is 1. The highest BCUT2D eigenvalue weighted by atomic mass is 32.2. The molecule has 1 fully saturated rings. The predicted octanol–water partition coefficient (Wildman–Crippen LogP) is 2.11. The van der Waals surface area contributed by atoms with Crippen LogP contribution in [0.5, 0.6) is 0 Å². The number of benzene rings is 1. The summed E-state index contributed by atoms with van der Waals surface area (Å²) in [6.07, 6.45) is 3.96. The molecular weight excluding hydrogens is 350 g/mol. The number of pyridine rings is 1. The van der Waals surface area contributed by atoms with Gasteiger partial charge < -0.3 is 5.32 Å². The van der Waals surface area contributed by atoms with Gasteiger partial charge in [0.25, 0.3) is 0 Å². The molecule has 3 rings (SSSR count). The number of carbonyl (C=O) groups excluding carboxylic acids is 1. The summed E-state index contributed by atoms with van der Waals surface area (Å²) in [6, 6.07) is 11.1. The van der Waals surface area contributed by atoms with E-state index in [1.54, 1.807) is 18.3 Å². The summed E-state index contributed by atoms with van der Waals surface area (Å²) in [6.45, 7) is 3.21. The molecule has 1 aromatic heterocycles. The van der Waals surface area contributed by atoms with Gasteiger partial charge in [-0.3, -0.25) is 9.78 Å². The number of aryl methyl sites for hydroxylation is 1. The van der Waals surface area contributed by atoms with E-state index >= 15 is 0 Å². The zero-order valence-electron chi connectivity index (χ0n) is 14.8. The van der Waals surface area contributed by atoms with Crippen LogP contribution in [0.2, 0.25) is 0 Å². The molecule has 1 amide bonds. The molecule has 138 valence electrons. The third kappa shape index (κ3) is 4.11. The van der Waals surface area contributed by atoms with Crippen LogP contribution in [0.3, 0.4) is 0 Å². The van der Waals surface area contributed by atoms with Crippen LogP contribution in [0, 0.1) is 12.8 Å². The quantitative estimate of drug-likeness (QED) is 0.871. The molecule has 1 aromatic carbocycles. The minimum atomic E-state index is -3.53. The van der Waals surface area contributed by atoms with E-state index in [0.29, 0.717) is 32.5 Å². The number of nitrogens with one attached hydrogen (secondary N) is 1. The molecule has 0 bridgehead atoms. The van der Waals surface area contributed by atoms with Gasteiger partial charge >= 0.3 is 0 Å². The van der Waals surface area contributed by atoms with Crippen LogP contribution in [0.15, 0.2) is 53.7 Å². The van der Waals surface area contributed by atoms with Gasteiger partial charge in [0.05, 0.1) is 0 Å². The second-order valence-electron chi connectivity index (χ2n) is 6.51. The number of aromatic nitrogens is 1. The Bertz CT molecular complexity index is 861. The van der Waals surface area contributed by atoms with Gasteiger partial charge in [0.15, 0.2) is 0 Å². The number of hydrogen-bond donors (Lipinski definition) is 1. The van der Waals surface area contributed by atoms with Gasteiger partial charge in [0, 0.05) is 37.9 Å². The number of hydrogen-bond acceptors (Lipinski definition) is 4. The maximum atomic E-state index is 12.6. The average Bonchev–Trinajstić information content (AvgIpc) is 2.68. The van der Waals surface area contributed by atoms with E-state index < -0.39 is 10.0 Å². The zero-order valence-corrected chi connectivity index (χ0v) is 15.6. The third-order valence-electron chi connectivity index (χ3n) is 4.81. The van der Waals surface area contributed by atoms with E-state index in [1.807, 2.05) is 31.2 Å². The topological polar surface area (TPSA) is 79.4 Å². The highest BCUT2D eigenvalue weighted by molar-refractivity contribution is 7.89. The molecule has 0 atom stereocenters. The van der Waals surface area contributed by atoms with Gasteiger partial charge in [-0.05, 0) is 43.0 Å². The van der Waals surface area contributed by atoms with Crippen LogP contribution in [0.25, 0.3) is 0 Å². The van der Waals surface area contributed by atoms with Gasteiger partial charge in [-0.1, -0.05) is 24.3 Å². The van der Waals surface area contributed by atoms with Crippen LogP contribution in [0.1, 0.15) is 24.0 Å². The van der Waals surface area contributed by atoms with Gasteiger partial charge in [-0.15, -0.1) is 0 Å². The summed E-state index contributed by atoms with van der Waals surface area (Å²) in [4.78, 5) is 16.5. The van der Waals surface area contributed by atoms with Gasteiger partial charge in [0.2, 0.25) is 15.9 Å². The SMILES string of the molecule is Cc1ccccc1CNC(=O)C1CCN(S(=O)(=O)c2cccnc2)CC1. The molecular formula is C19H23N3O3S. The molecule has 1 N–H and O–H groups in total. The number of piperidine rings is 1. The van der Waals surface area contributed by atoms with E-state index in [9.17, 15) is 13.2 Å². The van der Waals surface area contributed by atoms with Gasteiger partial charge in [0.1, 0.15) is 4.90 Å². The van der Waals surface area contributed by atoms with Crippen molar-refractivity contribution in [1.29, 1.82) is 0 Å². The molecule has 0 spiro atoms. The Morgan fingerprint density at radius 2 is 1.92 bits per heavy atom. The van der Waals surface area contributed by atoms with Crippen molar-refractivity contribution in [1.82, 2.24) is 14.6 Å². The monoisotopic (exact) mass is 373 g/mol. The fourth-order valence-electron chi connectivity index (χ4n) is 3.14. The Morgan fingerprint density at radius 3 is 2.58 bits per heavy atom. The lowest BCUT2D eigenvalue weighted by Gasteiger charge is -2.30. The van der Waals surface area contributed by atoms with Gasteiger partial charge in [-0.2, -0.15) is 4.31 Å². The maximum absolute atomic E-state index is 12.6. The Kier molecular flexibility index (Phi) is 5.68. The van der Waals surface area contributed by atoms with Crippen molar-refractivity contribution in [2.24, 2.45) is 5.92 Å². The average molecular weight is 373 g/mol. The van der Waals surface area contributed by atoms with Crippen molar-refractivity contribution >= 4 is 15.9 Å². The van der Waals surface area contributed by atoms with Crippen molar-refractivity contribution in [3.05, 3.63) is 59.9 Å². The lowest BCUT2D eigenvalue weighted by Crippen LogP contribution is -2.42. The summed E-state index contributed by atoms with van der Waals surface area (Å²) in [5, 5.41) is 2.98. The molecule has 2 aromatic rings. The first kappa shape index (κ1) is 18.5. The van der Waals surface area contributed by atoms with Crippen molar-refractivity contribution in [2.75, 3.05) is 13.1 Å². The Labute approximate surface area is 154 Å². The molecule has 0 unspecified atom stereocenters. The maximum Gasteiger partial charge on any atom is 0.244 e. The molecule has 0 radical (unpaired) electrons. The van der Waals surface area contributed by atoms with Crippen LogP contribution < -0.4 is 5.32 Å². The molecule has 7 heteroatoms. The number of sulfonamides is 1. The number of amides is 1. The minimum Gasteiger partial charge on any atom is -0.352 e. The third-order valence-corrected chi connectivity index (χ3v) is 6.69. The Hall–Kier alpha value is -2.25. The fourth-order valence-corrected chi connectivity index (χ4v) is 4.58. The summed E-state index contributed by atoms with van der Waals surface area (Å²) in [7, 11) is -3.53. The highest BCUT2D eigenvalue weighted by Crippen LogP contribution is 2.23. The second-order valence-corrected chi connectivity index (χ2v) is 8.45. The molecule has 1 aliphatic rings. The summed E-state index contributed by atoms with van der Waals surface area (Å²) in [5.41, 5.74) is 2.24. The number of nitrogens with zero attached hydrogens (tertiary/aromatic N) is 2.